The summed E-state index contributed by atoms with van der Waals surface area (Å²) in [5.41, 5.74) is 5.92. The summed E-state index contributed by atoms with van der Waals surface area (Å²) in [5, 5.41) is 11.7. The fraction of sp³-hybridized carbons (Fsp3) is 0.273. The number of hydrogen-bond donors (Lipinski definition) is 4. The predicted octanol–water partition coefficient (Wildman–Crippen LogP) is 6.42. The summed E-state index contributed by atoms with van der Waals surface area (Å²) >= 11 is 0. The van der Waals surface area contributed by atoms with Crippen LogP contribution in [0.4, 0.5) is 0 Å². The van der Waals surface area contributed by atoms with Gasteiger partial charge < -0.3 is 9.47 Å². The van der Waals surface area contributed by atoms with E-state index in [2.05, 4.69) is 20.4 Å². The topological polar surface area (TPSA) is 116 Å². The maximum absolute atomic E-state index is 13.7. The van der Waals surface area contributed by atoms with Crippen molar-refractivity contribution in [2.45, 2.75) is 59.7 Å². The molecular weight excluding hydrogens is 516 g/mol. The molecule has 0 spiro atoms. The molecule has 8 nitrogen and oxygen atoms in total. The summed E-state index contributed by atoms with van der Waals surface area (Å²) in [4.78, 5) is 27.3. The molecule has 3 aromatic carbocycles. The Morgan fingerprint density at radius 1 is 0.585 bits per heavy atom. The van der Waals surface area contributed by atoms with Gasteiger partial charge in [-0.25, -0.2) is 0 Å². The van der Waals surface area contributed by atoms with Crippen molar-refractivity contribution in [2.24, 2.45) is 0 Å². The fourth-order valence-corrected chi connectivity index (χ4v) is 5.09. The second-order valence-corrected chi connectivity index (χ2v) is 10.9. The molecule has 0 fully saturated rings. The molecule has 0 bridgehead atoms. The van der Waals surface area contributed by atoms with E-state index < -0.39 is 5.92 Å². The Balaban J connectivity index is 1.82. The molecule has 0 aliphatic rings. The Kier molecular flexibility index (Phi) is 7.75. The lowest BCUT2D eigenvalue weighted by molar-refractivity contribution is 0.227. The van der Waals surface area contributed by atoms with Crippen LogP contribution < -0.4 is 20.6 Å². The van der Waals surface area contributed by atoms with E-state index in [0.717, 1.165) is 22.3 Å². The van der Waals surface area contributed by atoms with Crippen molar-refractivity contribution in [3.63, 3.8) is 0 Å². The molecule has 2 heterocycles. The van der Waals surface area contributed by atoms with Crippen LogP contribution in [0.3, 0.4) is 0 Å². The second-order valence-electron chi connectivity index (χ2n) is 10.9. The third-order valence-corrected chi connectivity index (χ3v) is 6.92. The van der Waals surface area contributed by atoms with Gasteiger partial charge in [0.2, 0.25) is 0 Å². The van der Waals surface area contributed by atoms with Crippen LogP contribution >= 0.6 is 0 Å². The van der Waals surface area contributed by atoms with Gasteiger partial charge in [-0.05, 0) is 58.7 Å². The van der Waals surface area contributed by atoms with Crippen LogP contribution in [0.1, 0.15) is 61.4 Å². The van der Waals surface area contributed by atoms with Gasteiger partial charge in [-0.15, -0.1) is 0 Å². The van der Waals surface area contributed by atoms with Crippen molar-refractivity contribution < 1.29 is 9.47 Å². The first kappa shape index (κ1) is 27.8. The van der Waals surface area contributed by atoms with Gasteiger partial charge in [0.05, 0.1) is 40.6 Å². The van der Waals surface area contributed by atoms with Crippen molar-refractivity contribution in [3.05, 3.63) is 115 Å². The molecular formula is C33H36N4O4. The molecule has 0 atom stereocenters. The van der Waals surface area contributed by atoms with Gasteiger partial charge in [0.15, 0.2) is 0 Å². The lowest BCUT2D eigenvalue weighted by Gasteiger charge is -2.23. The number of benzene rings is 3. The van der Waals surface area contributed by atoms with Crippen LogP contribution in [-0.4, -0.2) is 32.6 Å². The van der Waals surface area contributed by atoms with Gasteiger partial charge in [-0.3, -0.25) is 30.0 Å². The highest BCUT2D eigenvalue weighted by molar-refractivity contribution is 5.71. The number of nitrogens with one attached hydrogen (secondary N) is 4. The number of hydrogen-bond acceptors (Lipinski definition) is 4. The van der Waals surface area contributed by atoms with E-state index in [9.17, 15) is 9.59 Å². The minimum Gasteiger partial charge on any atom is -0.491 e. The SMILES string of the molecule is Cc1ccc(-c2[nH][nH]c(=O)c2C(c2ccc(OC(C)C)cc2OC(C)C)c2c(-c3ccc(C)cc3)[nH][nH]c2=O)cc1. The number of aryl methyl sites for hydroxylation is 2. The summed E-state index contributed by atoms with van der Waals surface area (Å²) in [5.74, 6) is 0.394. The Labute approximate surface area is 238 Å². The Morgan fingerprint density at radius 3 is 1.49 bits per heavy atom. The molecule has 0 amide bonds. The predicted molar refractivity (Wildman–Crippen MR) is 162 cm³/mol. The highest BCUT2D eigenvalue weighted by atomic mass is 16.5. The monoisotopic (exact) mass is 552 g/mol. The molecule has 2 aromatic heterocycles. The van der Waals surface area contributed by atoms with E-state index in [1.165, 1.54) is 0 Å². The van der Waals surface area contributed by atoms with E-state index in [-0.39, 0.29) is 23.3 Å². The Hall–Kier alpha value is -4.72. The van der Waals surface area contributed by atoms with Crippen LogP contribution in [0.15, 0.2) is 76.3 Å². The summed E-state index contributed by atoms with van der Waals surface area (Å²) in [7, 11) is 0. The maximum Gasteiger partial charge on any atom is 0.268 e. The van der Waals surface area contributed by atoms with Crippen molar-refractivity contribution >= 4 is 0 Å². The van der Waals surface area contributed by atoms with Crippen LogP contribution in [0.2, 0.25) is 0 Å². The molecule has 41 heavy (non-hydrogen) atoms. The number of aromatic amines is 4. The first-order valence-electron chi connectivity index (χ1n) is 13.8. The van der Waals surface area contributed by atoms with Gasteiger partial charge in [0.1, 0.15) is 11.5 Å². The van der Waals surface area contributed by atoms with Crippen LogP contribution in [0.25, 0.3) is 22.5 Å². The zero-order chi connectivity index (χ0) is 29.3. The minimum atomic E-state index is -0.783. The molecule has 212 valence electrons. The third kappa shape index (κ3) is 5.77. The minimum absolute atomic E-state index is 0.0372. The summed E-state index contributed by atoms with van der Waals surface area (Å²) in [6.07, 6.45) is -0.198. The molecule has 0 saturated heterocycles. The molecule has 0 unspecified atom stereocenters. The maximum atomic E-state index is 13.7. The normalized spacial score (nSPS) is 11.5. The van der Waals surface area contributed by atoms with Gasteiger partial charge in [0, 0.05) is 11.6 Å². The number of rotatable bonds is 9. The highest BCUT2D eigenvalue weighted by Gasteiger charge is 2.33. The molecule has 4 N–H and O–H groups in total. The standard InChI is InChI=1S/C33H36N4O4/c1-18(2)40-24-15-16-25(26(17-24)41-19(3)4)27(28-30(34-36-32(28)38)22-11-7-20(5)8-12-22)29-31(35-37-33(29)39)23-13-9-21(6)10-14-23/h7-19,27H,1-6H3,(H2,34,36,38)(H2,35,37,39). The quantitative estimate of drug-likeness (QED) is 0.169. The molecule has 5 aromatic rings. The largest absolute Gasteiger partial charge is 0.491 e. The highest BCUT2D eigenvalue weighted by Crippen LogP contribution is 2.42. The molecule has 0 radical (unpaired) electrons. The average molecular weight is 553 g/mol. The zero-order valence-electron chi connectivity index (χ0n) is 24.2. The van der Waals surface area contributed by atoms with Gasteiger partial charge in [-0.2, -0.15) is 0 Å². The first-order valence-corrected chi connectivity index (χ1v) is 13.8. The lowest BCUT2D eigenvalue weighted by Crippen LogP contribution is -2.21. The van der Waals surface area contributed by atoms with Crippen LogP contribution in [0, 0.1) is 13.8 Å². The molecule has 0 aliphatic carbocycles. The molecule has 0 saturated carbocycles. The smallest absolute Gasteiger partial charge is 0.268 e. The fourth-order valence-electron chi connectivity index (χ4n) is 5.09. The van der Waals surface area contributed by atoms with Crippen LogP contribution in [-0.2, 0) is 0 Å². The van der Waals surface area contributed by atoms with E-state index in [1.807, 2.05) is 108 Å². The summed E-state index contributed by atoms with van der Waals surface area (Å²) in [6, 6.07) is 21.4. The van der Waals surface area contributed by atoms with Gasteiger partial charge in [-0.1, -0.05) is 65.7 Å². The van der Waals surface area contributed by atoms with E-state index in [1.54, 1.807) is 0 Å². The third-order valence-electron chi connectivity index (χ3n) is 6.92. The van der Waals surface area contributed by atoms with Crippen molar-refractivity contribution in [2.75, 3.05) is 0 Å². The number of ether oxygens (including phenoxy) is 2. The summed E-state index contributed by atoms with van der Waals surface area (Å²) < 4.78 is 12.3. The van der Waals surface area contributed by atoms with E-state index >= 15 is 0 Å². The summed E-state index contributed by atoms with van der Waals surface area (Å²) in [6.45, 7) is 11.8. The lowest BCUT2D eigenvalue weighted by atomic mass is 9.82. The molecule has 5 rings (SSSR count). The number of H-pyrrole nitrogens is 4. The Morgan fingerprint density at radius 2 is 1.05 bits per heavy atom. The zero-order valence-corrected chi connectivity index (χ0v) is 24.2. The van der Waals surface area contributed by atoms with E-state index in [4.69, 9.17) is 9.47 Å². The average Bonchev–Trinajstić information content (AvgIpc) is 3.49. The van der Waals surface area contributed by atoms with Crippen molar-refractivity contribution in [1.29, 1.82) is 0 Å². The van der Waals surface area contributed by atoms with Crippen molar-refractivity contribution in [3.8, 4) is 34.0 Å². The van der Waals surface area contributed by atoms with Gasteiger partial charge >= 0.3 is 0 Å². The number of aromatic nitrogens is 4. The van der Waals surface area contributed by atoms with Crippen molar-refractivity contribution in [1.82, 2.24) is 20.4 Å². The second kappa shape index (κ2) is 11.4. The van der Waals surface area contributed by atoms with Gasteiger partial charge in [0.25, 0.3) is 11.1 Å². The molecule has 0 aliphatic heterocycles. The first-order chi connectivity index (χ1) is 19.6. The Bertz CT molecular complexity index is 1660. The molecule has 8 heteroatoms. The van der Waals surface area contributed by atoms with Crippen LogP contribution in [0.5, 0.6) is 11.5 Å². The van der Waals surface area contributed by atoms with E-state index in [0.29, 0.717) is 39.6 Å².